The first kappa shape index (κ1) is 15.6. The molecule has 2 heteroatoms. The molecule has 4 saturated carbocycles. The van der Waals surface area contributed by atoms with E-state index in [1.54, 1.807) is 0 Å². The van der Waals surface area contributed by atoms with Gasteiger partial charge in [0.25, 0.3) is 0 Å². The number of ketones is 2. The summed E-state index contributed by atoms with van der Waals surface area (Å²) in [5.74, 6) is 3.62. The topological polar surface area (TPSA) is 34.1 Å². The number of fused-ring (bicyclic) bond motifs is 5. The molecule has 0 saturated heterocycles. The Morgan fingerprint density at radius 1 is 1.00 bits per heavy atom. The van der Waals surface area contributed by atoms with E-state index < -0.39 is 0 Å². The second-order valence-corrected chi connectivity index (χ2v) is 8.94. The molecule has 6 atom stereocenters. The highest BCUT2D eigenvalue weighted by atomic mass is 16.1. The van der Waals surface area contributed by atoms with Gasteiger partial charge in [0.15, 0.2) is 0 Å². The molecule has 4 aliphatic carbocycles. The van der Waals surface area contributed by atoms with Crippen molar-refractivity contribution in [2.45, 2.75) is 71.6 Å². The fourth-order valence-corrected chi connectivity index (χ4v) is 7.15. The van der Waals surface area contributed by atoms with Crippen LogP contribution in [0.4, 0.5) is 0 Å². The third kappa shape index (κ3) is 2.06. The van der Waals surface area contributed by atoms with Gasteiger partial charge in [0.2, 0.25) is 0 Å². The Morgan fingerprint density at radius 2 is 1.83 bits per heavy atom. The van der Waals surface area contributed by atoms with Crippen molar-refractivity contribution in [3.63, 3.8) is 0 Å². The van der Waals surface area contributed by atoms with E-state index >= 15 is 0 Å². The minimum Gasteiger partial charge on any atom is -0.300 e. The van der Waals surface area contributed by atoms with Gasteiger partial charge in [-0.3, -0.25) is 9.59 Å². The second-order valence-electron chi connectivity index (χ2n) is 8.94. The molecule has 0 aliphatic heterocycles. The van der Waals surface area contributed by atoms with Crippen LogP contribution in [0, 0.1) is 34.5 Å². The lowest BCUT2D eigenvalue weighted by molar-refractivity contribution is -0.141. The zero-order valence-corrected chi connectivity index (χ0v) is 14.6. The highest BCUT2D eigenvalue weighted by Gasteiger charge is 2.60. The zero-order chi connectivity index (χ0) is 16.2. The molecule has 2 nitrogen and oxygen atoms in total. The van der Waals surface area contributed by atoms with Crippen LogP contribution >= 0.6 is 0 Å². The maximum atomic E-state index is 12.7. The summed E-state index contributed by atoms with van der Waals surface area (Å²) in [5.41, 5.74) is 0.216. The average molecular weight is 314 g/mol. The summed E-state index contributed by atoms with van der Waals surface area (Å²) >= 11 is 0. The SMILES string of the molecule is CC=C[C@]12CC[C@H]3[C@@H](CCC4CC(=O)CC[C@@]43C)[C@@H]1CCC2=O. The second kappa shape index (κ2) is 5.29. The van der Waals surface area contributed by atoms with E-state index in [4.69, 9.17) is 0 Å². The maximum Gasteiger partial charge on any atom is 0.143 e. The molecule has 0 heterocycles. The lowest BCUT2D eigenvalue weighted by Crippen LogP contribution is -2.53. The lowest BCUT2D eigenvalue weighted by Gasteiger charge is -2.59. The van der Waals surface area contributed by atoms with Crippen molar-refractivity contribution in [1.29, 1.82) is 0 Å². The van der Waals surface area contributed by atoms with E-state index in [-0.39, 0.29) is 5.41 Å². The fraction of sp³-hybridized carbons (Fsp3) is 0.810. The Bertz CT molecular complexity index is 562. The molecule has 0 amide bonds. The maximum absolute atomic E-state index is 12.7. The molecular weight excluding hydrogens is 284 g/mol. The van der Waals surface area contributed by atoms with Crippen molar-refractivity contribution < 1.29 is 9.59 Å². The van der Waals surface area contributed by atoms with Gasteiger partial charge in [-0.1, -0.05) is 19.1 Å². The van der Waals surface area contributed by atoms with Crippen molar-refractivity contribution >= 4 is 11.6 Å². The molecule has 0 aromatic carbocycles. The lowest BCUT2D eigenvalue weighted by atomic mass is 9.45. The van der Waals surface area contributed by atoms with Crippen molar-refractivity contribution in [1.82, 2.24) is 0 Å². The van der Waals surface area contributed by atoms with Crippen LogP contribution in [0.3, 0.4) is 0 Å². The summed E-state index contributed by atoms with van der Waals surface area (Å²) in [4.78, 5) is 24.6. The van der Waals surface area contributed by atoms with Gasteiger partial charge in [-0.25, -0.2) is 0 Å². The number of allylic oxidation sites excluding steroid dienone is 2. The van der Waals surface area contributed by atoms with Crippen molar-refractivity contribution in [3.8, 4) is 0 Å². The molecule has 0 radical (unpaired) electrons. The number of carbonyl (C=O) groups excluding carboxylic acids is 2. The predicted octanol–water partition coefficient (Wildman–Crippen LogP) is 4.72. The summed E-state index contributed by atoms with van der Waals surface area (Å²) in [6.07, 6.45) is 13.7. The van der Waals surface area contributed by atoms with E-state index in [2.05, 4.69) is 26.0 Å². The molecule has 0 aromatic rings. The van der Waals surface area contributed by atoms with E-state index in [9.17, 15) is 9.59 Å². The average Bonchev–Trinajstić information content (AvgIpc) is 2.86. The van der Waals surface area contributed by atoms with E-state index in [1.807, 2.05) is 0 Å². The van der Waals surface area contributed by atoms with E-state index in [0.717, 1.165) is 44.4 Å². The van der Waals surface area contributed by atoms with Crippen LogP contribution < -0.4 is 0 Å². The highest BCUT2D eigenvalue weighted by Crippen LogP contribution is 2.65. The standard InChI is InChI=1S/C21H30O2/c1-3-10-21-12-9-17-16(18(21)6-7-19(21)23)5-4-14-13-15(22)8-11-20(14,17)2/h3,10,14,16-18H,4-9,11-13H2,1-2H3/t14?,16-,17+,18+,20+,21+/m1/s1. The summed E-state index contributed by atoms with van der Waals surface area (Å²) in [6, 6.07) is 0. The van der Waals surface area contributed by atoms with Gasteiger partial charge in [0.1, 0.15) is 11.6 Å². The quantitative estimate of drug-likeness (QED) is 0.656. The fourth-order valence-electron chi connectivity index (χ4n) is 7.15. The van der Waals surface area contributed by atoms with Crippen LogP contribution in [0.2, 0.25) is 0 Å². The summed E-state index contributed by atoms with van der Waals surface area (Å²) in [6.45, 7) is 4.54. The van der Waals surface area contributed by atoms with Gasteiger partial charge in [-0.15, -0.1) is 0 Å². The zero-order valence-electron chi connectivity index (χ0n) is 14.6. The molecule has 23 heavy (non-hydrogen) atoms. The molecule has 4 aliphatic rings. The van der Waals surface area contributed by atoms with Crippen LogP contribution in [-0.2, 0) is 9.59 Å². The highest BCUT2D eigenvalue weighted by molar-refractivity contribution is 5.89. The van der Waals surface area contributed by atoms with Gasteiger partial charge < -0.3 is 0 Å². The van der Waals surface area contributed by atoms with E-state index in [0.29, 0.717) is 34.7 Å². The van der Waals surface area contributed by atoms with Crippen LogP contribution in [0.1, 0.15) is 71.6 Å². The van der Waals surface area contributed by atoms with Crippen molar-refractivity contribution in [3.05, 3.63) is 12.2 Å². The first-order valence-corrected chi connectivity index (χ1v) is 9.70. The number of hydrogen-bond donors (Lipinski definition) is 0. The summed E-state index contributed by atoms with van der Waals surface area (Å²) in [7, 11) is 0. The Morgan fingerprint density at radius 3 is 2.61 bits per heavy atom. The van der Waals surface area contributed by atoms with Crippen molar-refractivity contribution in [2.24, 2.45) is 34.5 Å². The third-order valence-corrected chi connectivity index (χ3v) is 8.27. The molecule has 1 unspecified atom stereocenters. The molecule has 0 spiro atoms. The predicted molar refractivity (Wildman–Crippen MR) is 90.9 cm³/mol. The number of hydrogen-bond acceptors (Lipinski definition) is 2. The van der Waals surface area contributed by atoms with Gasteiger partial charge in [0, 0.05) is 24.7 Å². The minimum atomic E-state index is -0.135. The number of rotatable bonds is 1. The van der Waals surface area contributed by atoms with Crippen LogP contribution in [0.15, 0.2) is 12.2 Å². The Balaban J connectivity index is 1.67. The number of Topliss-reactive ketones (excluding diaryl/α,β-unsaturated/α-hetero) is 2. The van der Waals surface area contributed by atoms with Gasteiger partial charge in [-0.2, -0.15) is 0 Å². The van der Waals surface area contributed by atoms with Crippen molar-refractivity contribution in [2.75, 3.05) is 0 Å². The van der Waals surface area contributed by atoms with Gasteiger partial charge in [0.05, 0.1) is 0 Å². The normalized spacial score (nSPS) is 49.8. The molecule has 0 aromatic heterocycles. The van der Waals surface area contributed by atoms with Crippen LogP contribution in [0.5, 0.6) is 0 Å². The van der Waals surface area contributed by atoms with E-state index in [1.165, 1.54) is 19.3 Å². The Hall–Kier alpha value is -0.920. The summed E-state index contributed by atoms with van der Waals surface area (Å²) < 4.78 is 0. The molecule has 126 valence electrons. The first-order chi connectivity index (χ1) is 11.0. The Kier molecular flexibility index (Phi) is 3.59. The van der Waals surface area contributed by atoms with Crippen LogP contribution in [-0.4, -0.2) is 11.6 Å². The first-order valence-electron chi connectivity index (χ1n) is 9.70. The molecule has 4 rings (SSSR count). The monoisotopic (exact) mass is 314 g/mol. The third-order valence-electron chi connectivity index (χ3n) is 8.27. The largest absolute Gasteiger partial charge is 0.300 e. The van der Waals surface area contributed by atoms with Gasteiger partial charge >= 0.3 is 0 Å². The van der Waals surface area contributed by atoms with Crippen LogP contribution in [0.25, 0.3) is 0 Å². The molecule has 4 fully saturated rings. The molecular formula is C21H30O2. The molecule has 0 N–H and O–H groups in total. The summed E-state index contributed by atoms with van der Waals surface area (Å²) in [5, 5.41) is 0. The van der Waals surface area contributed by atoms with Gasteiger partial charge in [-0.05, 0) is 74.5 Å². The smallest absolute Gasteiger partial charge is 0.143 e. The molecule has 0 bridgehead atoms. The number of carbonyl (C=O) groups is 2. The Labute approximate surface area is 140 Å². The minimum absolute atomic E-state index is 0.135.